The van der Waals surface area contributed by atoms with Gasteiger partial charge in [0.15, 0.2) is 0 Å². The Balaban J connectivity index is 3.15. The van der Waals surface area contributed by atoms with Crippen molar-refractivity contribution in [3.05, 3.63) is 37.0 Å². The first-order valence-corrected chi connectivity index (χ1v) is 4.36. The van der Waals surface area contributed by atoms with Crippen molar-refractivity contribution in [1.29, 1.82) is 0 Å². The van der Waals surface area contributed by atoms with E-state index in [9.17, 15) is 0 Å². The predicted octanol–water partition coefficient (Wildman–Crippen LogP) is 3.87. The SMILES string of the molecule is C=CC=C/C=C\CCCCC. The van der Waals surface area contributed by atoms with E-state index >= 15 is 0 Å². The lowest BCUT2D eigenvalue weighted by atomic mass is 10.2. The van der Waals surface area contributed by atoms with Crippen molar-refractivity contribution in [1.82, 2.24) is 0 Å². The van der Waals surface area contributed by atoms with Gasteiger partial charge in [0.25, 0.3) is 0 Å². The smallest absolute Gasteiger partial charge is 0.0348 e. The first-order valence-electron chi connectivity index (χ1n) is 4.36. The van der Waals surface area contributed by atoms with Gasteiger partial charge in [-0.3, -0.25) is 0 Å². The molecule has 0 aromatic rings. The lowest BCUT2D eigenvalue weighted by Crippen LogP contribution is -1.69. The minimum atomic E-state index is 1.20. The number of hydrogen-bond donors (Lipinski definition) is 0. The summed E-state index contributed by atoms with van der Waals surface area (Å²) in [5, 5.41) is 0. The second-order valence-electron chi connectivity index (χ2n) is 2.54. The van der Waals surface area contributed by atoms with Gasteiger partial charge in [-0.05, 0) is 12.8 Å². The average Bonchev–Trinajstić information content (AvgIpc) is 2.03. The summed E-state index contributed by atoms with van der Waals surface area (Å²) in [7, 11) is 0. The fourth-order valence-corrected chi connectivity index (χ4v) is 0.830. The third-order valence-electron chi connectivity index (χ3n) is 1.47. The fraction of sp³-hybridized carbons (Fsp3) is 0.455. The van der Waals surface area contributed by atoms with Gasteiger partial charge >= 0.3 is 0 Å². The van der Waals surface area contributed by atoms with Crippen molar-refractivity contribution in [2.45, 2.75) is 32.6 Å². The Hall–Kier alpha value is -0.780. The van der Waals surface area contributed by atoms with Crippen LogP contribution in [0.5, 0.6) is 0 Å². The molecule has 0 saturated heterocycles. The molecule has 0 saturated carbocycles. The zero-order valence-electron chi connectivity index (χ0n) is 7.42. The van der Waals surface area contributed by atoms with Gasteiger partial charge in [-0.2, -0.15) is 0 Å². The lowest BCUT2D eigenvalue weighted by molar-refractivity contribution is 0.729. The molecule has 0 spiro atoms. The standard InChI is InChI=1S/C11H18/c1-3-5-7-9-11-10-8-6-4-2/h3,5,7,9,11H,1,4,6,8,10H2,2H3/b7-5?,11-9-. The second kappa shape index (κ2) is 9.22. The van der Waals surface area contributed by atoms with Crippen molar-refractivity contribution in [2.75, 3.05) is 0 Å². The number of unbranched alkanes of at least 4 members (excludes halogenated alkanes) is 3. The van der Waals surface area contributed by atoms with E-state index in [0.29, 0.717) is 0 Å². The molecular weight excluding hydrogens is 132 g/mol. The lowest BCUT2D eigenvalue weighted by Gasteiger charge is -1.89. The zero-order chi connectivity index (χ0) is 8.36. The minimum Gasteiger partial charge on any atom is -0.0991 e. The topological polar surface area (TPSA) is 0 Å². The highest BCUT2D eigenvalue weighted by molar-refractivity contribution is 5.08. The summed E-state index contributed by atoms with van der Waals surface area (Å²) in [5.41, 5.74) is 0. The van der Waals surface area contributed by atoms with E-state index in [1.54, 1.807) is 6.08 Å². The average molecular weight is 150 g/mol. The highest BCUT2D eigenvalue weighted by Crippen LogP contribution is 1.99. The van der Waals surface area contributed by atoms with Crippen LogP contribution in [0.2, 0.25) is 0 Å². The molecule has 0 heterocycles. The highest BCUT2D eigenvalue weighted by Gasteiger charge is 1.79. The Morgan fingerprint density at radius 2 is 1.91 bits per heavy atom. The van der Waals surface area contributed by atoms with Crippen LogP contribution in [0.1, 0.15) is 32.6 Å². The molecule has 0 fully saturated rings. The van der Waals surface area contributed by atoms with Gasteiger partial charge in [0.05, 0.1) is 0 Å². The van der Waals surface area contributed by atoms with E-state index in [0.717, 1.165) is 0 Å². The van der Waals surface area contributed by atoms with Gasteiger partial charge in [0, 0.05) is 0 Å². The minimum absolute atomic E-state index is 1.20. The van der Waals surface area contributed by atoms with Crippen LogP contribution >= 0.6 is 0 Å². The molecule has 0 aliphatic rings. The van der Waals surface area contributed by atoms with Crippen molar-refractivity contribution >= 4 is 0 Å². The van der Waals surface area contributed by atoms with Crippen molar-refractivity contribution in [3.8, 4) is 0 Å². The monoisotopic (exact) mass is 150 g/mol. The molecule has 62 valence electrons. The van der Waals surface area contributed by atoms with Gasteiger partial charge in [-0.25, -0.2) is 0 Å². The van der Waals surface area contributed by atoms with E-state index < -0.39 is 0 Å². The first kappa shape index (κ1) is 10.2. The van der Waals surface area contributed by atoms with Crippen LogP contribution in [0.3, 0.4) is 0 Å². The molecule has 0 N–H and O–H groups in total. The van der Waals surface area contributed by atoms with Crippen molar-refractivity contribution in [3.63, 3.8) is 0 Å². The Kier molecular flexibility index (Phi) is 8.57. The molecule has 0 aliphatic heterocycles. The summed E-state index contributed by atoms with van der Waals surface area (Å²) >= 11 is 0. The Morgan fingerprint density at radius 1 is 1.09 bits per heavy atom. The number of hydrogen-bond acceptors (Lipinski definition) is 0. The van der Waals surface area contributed by atoms with Crippen molar-refractivity contribution < 1.29 is 0 Å². The van der Waals surface area contributed by atoms with E-state index in [4.69, 9.17) is 0 Å². The zero-order valence-corrected chi connectivity index (χ0v) is 7.42. The third-order valence-corrected chi connectivity index (χ3v) is 1.47. The van der Waals surface area contributed by atoms with Gasteiger partial charge in [-0.15, -0.1) is 0 Å². The van der Waals surface area contributed by atoms with E-state index in [-0.39, 0.29) is 0 Å². The number of rotatable bonds is 6. The Morgan fingerprint density at radius 3 is 2.55 bits per heavy atom. The molecule has 0 unspecified atom stereocenters. The molecule has 0 amide bonds. The normalized spacial score (nSPS) is 11.4. The van der Waals surface area contributed by atoms with Gasteiger partial charge in [0.1, 0.15) is 0 Å². The highest BCUT2D eigenvalue weighted by atomic mass is 13.9. The number of allylic oxidation sites excluding steroid dienone is 5. The summed E-state index contributed by atoms with van der Waals surface area (Å²) in [6.45, 7) is 5.81. The van der Waals surface area contributed by atoms with Crippen LogP contribution in [-0.2, 0) is 0 Å². The van der Waals surface area contributed by atoms with Gasteiger partial charge < -0.3 is 0 Å². The maximum absolute atomic E-state index is 3.59. The second-order valence-corrected chi connectivity index (χ2v) is 2.54. The molecule has 0 heteroatoms. The molecule has 0 nitrogen and oxygen atoms in total. The third kappa shape index (κ3) is 9.22. The van der Waals surface area contributed by atoms with Crippen LogP contribution in [0, 0.1) is 0 Å². The molecule has 11 heavy (non-hydrogen) atoms. The van der Waals surface area contributed by atoms with E-state index in [1.165, 1.54) is 25.7 Å². The molecule has 0 radical (unpaired) electrons. The summed E-state index contributed by atoms with van der Waals surface area (Å²) < 4.78 is 0. The van der Waals surface area contributed by atoms with Crippen LogP contribution in [-0.4, -0.2) is 0 Å². The molecule has 0 aromatic carbocycles. The molecule has 0 atom stereocenters. The Bertz CT molecular complexity index is 129. The summed E-state index contributed by atoms with van der Waals surface area (Å²) in [5.74, 6) is 0. The first-order chi connectivity index (χ1) is 5.41. The largest absolute Gasteiger partial charge is 0.0991 e. The maximum Gasteiger partial charge on any atom is -0.0348 e. The Labute approximate surface area is 70.3 Å². The summed E-state index contributed by atoms with van der Waals surface area (Å²) in [4.78, 5) is 0. The van der Waals surface area contributed by atoms with Crippen LogP contribution in [0.15, 0.2) is 37.0 Å². The molecule has 0 bridgehead atoms. The van der Waals surface area contributed by atoms with E-state index in [1.807, 2.05) is 12.2 Å². The molecule has 0 aliphatic carbocycles. The summed E-state index contributed by atoms with van der Waals surface area (Å²) in [6, 6.07) is 0. The fourth-order valence-electron chi connectivity index (χ4n) is 0.830. The summed E-state index contributed by atoms with van der Waals surface area (Å²) in [6.07, 6.45) is 15.2. The quantitative estimate of drug-likeness (QED) is 0.398. The van der Waals surface area contributed by atoms with Crippen LogP contribution < -0.4 is 0 Å². The van der Waals surface area contributed by atoms with Gasteiger partial charge in [0.2, 0.25) is 0 Å². The molecular formula is C11H18. The maximum atomic E-state index is 3.59. The van der Waals surface area contributed by atoms with E-state index in [2.05, 4.69) is 25.7 Å². The predicted molar refractivity (Wildman–Crippen MR) is 52.6 cm³/mol. The van der Waals surface area contributed by atoms with Gasteiger partial charge in [-0.1, -0.05) is 56.7 Å². The van der Waals surface area contributed by atoms with Crippen molar-refractivity contribution in [2.24, 2.45) is 0 Å². The molecule has 0 aromatic heterocycles. The van der Waals surface area contributed by atoms with Crippen LogP contribution in [0.4, 0.5) is 0 Å². The van der Waals surface area contributed by atoms with Crippen LogP contribution in [0.25, 0.3) is 0 Å². The molecule has 0 rings (SSSR count).